The lowest BCUT2D eigenvalue weighted by Gasteiger charge is -2.37. The number of hydrogen-bond donors (Lipinski definition) is 1. The molecular formula is C22H24FN3OS. The zero-order valence-electron chi connectivity index (χ0n) is 15.9. The van der Waals surface area contributed by atoms with Crippen LogP contribution in [-0.4, -0.2) is 37.3 Å². The Morgan fingerprint density at radius 2 is 2.04 bits per heavy atom. The Labute approximate surface area is 168 Å². The lowest BCUT2D eigenvalue weighted by molar-refractivity contribution is 0.133. The molecule has 2 aliphatic rings. The summed E-state index contributed by atoms with van der Waals surface area (Å²) in [7, 11) is 2.01. The summed E-state index contributed by atoms with van der Waals surface area (Å²) < 4.78 is 20.9. The van der Waals surface area contributed by atoms with Gasteiger partial charge in [0, 0.05) is 31.1 Å². The number of thiazole rings is 1. The Balaban J connectivity index is 1.25. The van der Waals surface area contributed by atoms with Crippen molar-refractivity contribution in [2.24, 2.45) is 5.92 Å². The highest BCUT2D eigenvalue weighted by molar-refractivity contribution is 7.22. The molecular weight excluding hydrogens is 373 g/mol. The number of hydrogen-bond acceptors (Lipinski definition) is 5. The van der Waals surface area contributed by atoms with E-state index < -0.39 is 0 Å². The Morgan fingerprint density at radius 1 is 1.21 bits per heavy atom. The topological polar surface area (TPSA) is 37.4 Å². The van der Waals surface area contributed by atoms with E-state index in [4.69, 9.17) is 9.72 Å². The number of halogens is 1. The molecule has 0 bridgehead atoms. The number of benzene rings is 2. The Bertz CT molecular complexity index is 950. The normalized spacial score (nSPS) is 20.9. The first kappa shape index (κ1) is 17.9. The predicted molar refractivity (Wildman–Crippen MR) is 112 cm³/mol. The molecule has 0 saturated carbocycles. The molecule has 0 spiro atoms. The second-order valence-corrected chi connectivity index (χ2v) is 8.72. The van der Waals surface area contributed by atoms with Crippen LogP contribution >= 0.6 is 11.3 Å². The van der Waals surface area contributed by atoms with Gasteiger partial charge in [0.05, 0.1) is 10.2 Å². The fourth-order valence-corrected chi connectivity index (χ4v) is 5.63. The van der Waals surface area contributed by atoms with Gasteiger partial charge in [-0.25, -0.2) is 9.37 Å². The highest BCUT2D eigenvalue weighted by Crippen LogP contribution is 2.36. The molecule has 2 unspecified atom stereocenters. The summed E-state index contributed by atoms with van der Waals surface area (Å²) in [6, 6.07) is 13.4. The van der Waals surface area contributed by atoms with E-state index in [0.717, 1.165) is 54.3 Å². The summed E-state index contributed by atoms with van der Waals surface area (Å²) in [4.78, 5) is 7.22. The van der Waals surface area contributed by atoms with Crippen molar-refractivity contribution >= 4 is 26.7 Å². The third-order valence-corrected chi connectivity index (χ3v) is 7.15. The van der Waals surface area contributed by atoms with Crippen molar-refractivity contribution in [3.8, 4) is 5.75 Å². The highest BCUT2D eigenvalue weighted by Gasteiger charge is 2.36. The van der Waals surface area contributed by atoms with E-state index in [1.807, 2.05) is 13.1 Å². The number of fused-ring (bicyclic) bond motifs is 2. The number of rotatable bonds is 4. The summed E-state index contributed by atoms with van der Waals surface area (Å²) in [5.41, 5.74) is 2.07. The standard InChI is InChI=1S/C22H24FN3OS/c1-24-21(19-13-15-12-16(23)6-7-18(15)27-19)14-8-10-26(11-9-14)22-25-17-4-2-3-5-20(17)28-22/h2-7,12,14,19,21,24H,8-11,13H2,1H3. The zero-order chi connectivity index (χ0) is 19.1. The van der Waals surface area contributed by atoms with E-state index in [1.54, 1.807) is 23.5 Å². The first-order valence-corrected chi connectivity index (χ1v) is 10.8. The molecule has 1 aromatic heterocycles. The molecule has 28 heavy (non-hydrogen) atoms. The van der Waals surface area contributed by atoms with Gasteiger partial charge in [0.25, 0.3) is 0 Å². The van der Waals surface area contributed by atoms with Crippen molar-refractivity contribution in [1.29, 1.82) is 0 Å². The van der Waals surface area contributed by atoms with Crippen LogP contribution in [0.15, 0.2) is 42.5 Å². The van der Waals surface area contributed by atoms with Gasteiger partial charge in [-0.05, 0) is 56.1 Å². The van der Waals surface area contributed by atoms with Crippen molar-refractivity contribution in [3.63, 3.8) is 0 Å². The monoisotopic (exact) mass is 397 g/mol. The fraction of sp³-hybridized carbons (Fsp3) is 0.409. The van der Waals surface area contributed by atoms with Gasteiger partial charge in [-0.1, -0.05) is 23.5 Å². The minimum absolute atomic E-state index is 0.0702. The van der Waals surface area contributed by atoms with Crippen molar-refractivity contribution in [2.75, 3.05) is 25.0 Å². The molecule has 3 heterocycles. The number of para-hydroxylation sites is 1. The third-order valence-electron chi connectivity index (χ3n) is 6.06. The number of aromatic nitrogens is 1. The Kier molecular flexibility index (Phi) is 4.69. The van der Waals surface area contributed by atoms with E-state index >= 15 is 0 Å². The molecule has 0 radical (unpaired) electrons. The molecule has 146 valence electrons. The maximum absolute atomic E-state index is 13.5. The van der Waals surface area contributed by atoms with Gasteiger partial charge in [-0.2, -0.15) is 0 Å². The van der Waals surface area contributed by atoms with Crippen molar-refractivity contribution in [1.82, 2.24) is 10.3 Å². The lowest BCUT2D eigenvalue weighted by Crippen LogP contribution is -2.49. The van der Waals surface area contributed by atoms with Crippen LogP contribution in [0, 0.1) is 11.7 Å². The number of ether oxygens (including phenoxy) is 1. The van der Waals surface area contributed by atoms with Crippen molar-refractivity contribution in [3.05, 3.63) is 53.8 Å². The van der Waals surface area contributed by atoms with Crippen LogP contribution in [0.4, 0.5) is 9.52 Å². The second kappa shape index (κ2) is 7.33. The van der Waals surface area contributed by atoms with Crippen molar-refractivity contribution in [2.45, 2.75) is 31.4 Å². The van der Waals surface area contributed by atoms with Crippen LogP contribution in [-0.2, 0) is 6.42 Å². The van der Waals surface area contributed by atoms with E-state index in [1.165, 1.54) is 10.8 Å². The zero-order valence-corrected chi connectivity index (χ0v) is 16.7. The lowest BCUT2D eigenvalue weighted by atomic mass is 9.85. The molecule has 6 heteroatoms. The van der Waals surface area contributed by atoms with E-state index in [2.05, 4.69) is 28.4 Å². The molecule has 1 N–H and O–H groups in total. The number of likely N-dealkylation sites (N-methyl/N-ethyl adjacent to an activating group) is 1. The Hall–Kier alpha value is -2.18. The minimum Gasteiger partial charge on any atom is -0.488 e. The van der Waals surface area contributed by atoms with Crippen LogP contribution in [0.2, 0.25) is 0 Å². The first-order chi connectivity index (χ1) is 13.7. The van der Waals surface area contributed by atoms with Gasteiger partial charge in [-0.15, -0.1) is 0 Å². The predicted octanol–water partition coefficient (Wildman–Crippen LogP) is 4.24. The molecule has 0 amide bonds. The van der Waals surface area contributed by atoms with Crippen LogP contribution in [0.3, 0.4) is 0 Å². The smallest absolute Gasteiger partial charge is 0.186 e. The van der Waals surface area contributed by atoms with Crippen LogP contribution < -0.4 is 15.0 Å². The number of piperidine rings is 1. The molecule has 4 nitrogen and oxygen atoms in total. The molecule has 0 aliphatic carbocycles. The van der Waals surface area contributed by atoms with Crippen LogP contribution in [0.25, 0.3) is 10.2 Å². The summed E-state index contributed by atoms with van der Waals surface area (Å²) >= 11 is 1.78. The highest BCUT2D eigenvalue weighted by atomic mass is 32.1. The molecule has 3 aromatic rings. The van der Waals surface area contributed by atoms with E-state index in [9.17, 15) is 4.39 Å². The maximum atomic E-state index is 13.5. The SMILES string of the molecule is CNC(C1CCN(c2nc3ccccc3s2)CC1)C1Cc2cc(F)ccc2O1. The van der Waals surface area contributed by atoms with Gasteiger partial charge in [0.15, 0.2) is 5.13 Å². The summed E-state index contributed by atoms with van der Waals surface area (Å²) in [5.74, 6) is 1.19. The number of nitrogens with zero attached hydrogens (tertiary/aromatic N) is 2. The largest absolute Gasteiger partial charge is 0.488 e. The molecule has 5 rings (SSSR count). The van der Waals surface area contributed by atoms with Gasteiger partial charge in [-0.3, -0.25) is 0 Å². The average molecular weight is 398 g/mol. The molecule has 1 fully saturated rings. The van der Waals surface area contributed by atoms with Crippen molar-refractivity contribution < 1.29 is 9.13 Å². The van der Waals surface area contributed by atoms with E-state index in [-0.39, 0.29) is 18.0 Å². The molecule has 2 atom stereocenters. The van der Waals surface area contributed by atoms with Gasteiger partial charge < -0.3 is 15.0 Å². The van der Waals surface area contributed by atoms with Crippen LogP contribution in [0.5, 0.6) is 5.75 Å². The van der Waals surface area contributed by atoms with Gasteiger partial charge in [0.1, 0.15) is 17.7 Å². The molecule has 2 aromatic carbocycles. The number of anilines is 1. The third kappa shape index (κ3) is 3.25. The summed E-state index contributed by atoms with van der Waals surface area (Å²) in [5, 5.41) is 4.61. The quantitative estimate of drug-likeness (QED) is 0.714. The van der Waals surface area contributed by atoms with Gasteiger partial charge in [0.2, 0.25) is 0 Å². The summed E-state index contributed by atoms with van der Waals surface area (Å²) in [6.45, 7) is 2.02. The maximum Gasteiger partial charge on any atom is 0.186 e. The van der Waals surface area contributed by atoms with Crippen LogP contribution in [0.1, 0.15) is 18.4 Å². The summed E-state index contributed by atoms with van der Waals surface area (Å²) in [6.07, 6.45) is 3.05. The fourth-order valence-electron chi connectivity index (χ4n) is 4.61. The second-order valence-electron chi connectivity index (χ2n) is 7.72. The molecule has 2 aliphatic heterocycles. The minimum atomic E-state index is -0.187. The van der Waals surface area contributed by atoms with Gasteiger partial charge >= 0.3 is 0 Å². The van der Waals surface area contributed by atoms with E-state index in [0.29, 0.717) is 5.92 Å². The molecule has 1 saturated heterocycles. The average Bonchev–Trinajstić information content (AvgIpc) is 3.32. The number of nitrogens with one attached hydrogen (secondary N) is 1. The Morgan fingerprint density at radius 3 is 2.82 bits per heavy atom. The first-order valence-electron chi connectivity index (χ1n) is 9.94.